The van der Waals surface area contributed by atoms with Crippen LogP contribution >= 0.6 is 0 Å². The molecule has 0 radical (unpaired) electrons. The topological polar surface area (TPSA) is 23.5 Å². The summed E-state index contributed by atoms with van der Waals surface area (Å²) in [5, 5.41) is 10.2. The molecule has 1 unspecified atom stereocenters. The van der Waals surface area contributed by atoms with Crippen LogP contribution < -0.4 is 0 Å². The standard InChI is InChI=1S/C15H23NO/c1-3-9-15(2,17)12-16-10-14(11-16)13-7-5-4-6-8-13/h4-8,14,17H,3,9-12H2,1-2H3. The van der Waals surface area contributed by atoms with Crippen molar-refractivity contribution < 1.29 is 5.11 Å². The van der Waals surface area contributed by atoms with Crippen LogP contribution in [0.2, 0.25) is 0 Å². The van der Waals surface area contributed by atoms with Gasteiger partial charge < -0.3 is 5.11 Å². The maximum atomic E-state index is 10.2. The van der Waals surface area contributed by atoms with Crippen molar-refractivity contribution in [3.63, 3.8) is 0 Å². The van der Waals surface area contributed by atoms with Crippen LogP contribution in [0.25, 0.3) is 0 Å². The maximum absolute atomic E-state index is 10.2. The molecule has 0 bridgehead atoms. The highest BCUT2D eigenvalue weighted by molar-refractivity contribution is 5.22. The predicted molar refractivity (Wildman–Crippen MR) is 71.2 cm³/mol. The molecule has 1 atom stereocenters. The molecule has 1 aliphatic heterocycles. The van der Waals surface area contributed by atoms with Crippen molar-refractivity contribution in [2.75, 3.05) is 19.6 Å². The van der Waals surface area contributed by atoms with Crippen LogP contribution in [0.15, 0.2) is 30.3 Å². The molecule has 0 saturated carbocycles. The van der Waals surface area contributed by atoms with Gasteiger partial charge in [-0.25, -0.2) is 0 Å². The molecule has 1 fully saturated rings. The van der Waals surface area contributed by atoms with E-state index in [1.165, 1.54) is 5.56 Å². The second kappa shape index (κ2) is 5.19. The van der Waals surface area contributed by atoms with Crippen molar-refractivity contribution in [3.8, 4) is 0 Å². The Kier molecular flexibility index (Phi) is 3.85. The molecule has 0 amide bonds. The molecule has 0 aromatic heterocycles. The molecule has 17 heavy (non-hydrogen) atoms. The first-order valence-electron chi connectivity index (χ1n) is 6.60. The van der Waals surface area contributed by atoms with Crippen molar-refractivity contribution in [1.82, 2.24) is 4.90 Å². The molecule has 1 saturated heterocycles. The van der Waals surface area contributed by atoms with Crippen molar-refractivity contribution in [3.05, 3.63) is 35.9 Å². The lowest BCUT2D eigenvalue weighted by molar-refractivity contribution is -0.0123. The summed E-state index contributed by atoms with van der Waals surface area (Å²) >= 11 is 0. The van der Waals surface area contributed by atoms with Gasteiger partial charge in [-0.1, -0.05) is 43.7 Å². The molecule has 1 aliphatic rings. The average Bonchev–Trinajstić information content (AvgIpc) is 2.24. The Morgan fingerprint density at radius 2 is 1.94 bits per heavy atom. The molecule has 94 valence electrons. The van der Waals surface area contributed by atoms with Crippen molar-refractivity contribution >= 4 is 0 Å². The number of likely N-dealkylation sites (tertiary alicyclic amines) is 1. The van der Waals surface area contributed by atoms with E-state index in [0.717, 1.165) is 32.5 Å². The third kappa shape index (κ3) is 3.30. The van der Waals surface area contributed by atoms with Gasteiger partial charge in [0.15, 0.2) is 0 Å². The Morgan fingerprint density at radius 3 is 2.53 bits per heavy atom. The number of aliphatic hydroxyl groups is 1. The van der Waals surface area contributed by atoms with Gasteiger partial charge >= 0.3 is 0 Å². The van der Waals surface area contributed by atoms with Gasteiger partial charge in [-0.2, -0.15) is 0 Å². The molecular formula is C15H23NO. The highest BCUT2D eigenvalue weighted by Gasteiger charge is 2.32. The van der Waals surface area contributed by atoms with Crippen LogP contribution in [-0.4, -0.2) is 35.2 Å². The third-order valence-corrected chi connectivity index (χ3v) is 3.58. The normalized spacial score (nSPS) is 20.9. The SMILES string of the molecule is CCCC(C)(O)CN1CC(c2ccccc2)C1. The quantitative estimate of drug-likeness (QED) is 0.845. The van der Waals surface area contributed by atoms with E-state index in [1.54, 1.807) is 0 Å². The second-order valence-electron chi connectivity index (χ2n) is 5.55. The Hall–Kier alpha value is -0.860. The summed E-state index contributed by atoms with van der Waals surface area (Å²) in [6, 6.07) is 10.7. The summed E-state index contributed by atoms with van der Waals surface area (Å²) in [5.74, 6) is 0.661. The van der Waals surface area contributed by atoms with E-state index in [2.05, 4.69) is 42.2 Å². The Morgan fingerprint density at radius 1 is 1.29 bits per heavy atom. The van der Waals surface area contributed by atoms with Crippen molar-refractivity contribution in [2.24, 2.45) is 0 Å². The third-order valence-electron chi connectivity index (χ3n) is 3.58. The lowest BCUT2D eigenvalue weighted by Gasteiger charge is -2.43. The highest BCUT2D eigenvalue weighted by atomic mass is 16.3. The van der Waals surface area contributed by atoms with E-state index in [4.69, 9.17) is 0 Å². The first kappa shape index (κ1) is 12.6. The smallest absolute Gasteiger partial charge is 0.0746 e. The van der Waals surface area contributed by atoms with Crippen LogP contribution in [0.5, 0.6) is 0 Å². The van der Waals surface area contributed by atoms with Gasteiger partial charge in [-0.15, -0.1) is 0 Å². The van der Waals surface area contributed by atoms with Crippen LogP contribution in [0, 0.1) is 0 Å². The Labute approximate surface area is 104 Å². The zero-order valence-corrected chi connectivity index (χ0v) is 10.9. The van der Waals surface area contributed by atoms with Gasteiger partial charge in [0.25, 0.3) is 0 Å². The first-order chi connectivity index (χ1) is 8.11. The summed E-state index contributed by atoms with van der Waals surface area (Å²) in [7, 11) is 0. The fraction of sp³-hybridized carbons (Fsp3) is 0.600. The van der Waals surface area contributed by atoms with Crippen molar-refractivity contribution in [1.29, 1.82) is 0 Å². The molecule has 0 spiro atoms. The summed E-state index contributed by atoms with van der Waals surface area (Å²) in [4.78, 5) is 2.35. The molecule has 2 heteroatoms. The number of nitrogens with zero attached hydrogens (tertiary/aromatic N) is 1. The molecule has 1 aromatic rings. The molecule has 1 aromatic carbocycles. The van der Waals surface area contributed by atoms with E-state index in [9.17, 15) is 5.11 Å². The zero-order chi connectivity index (χ0) is 12.3. The molecule has 0 aliphatic carbocycles. The Balaban J connectivity index is 1.80. The van der Waals surface area contributed by atoms with Crippen LogP contribution in [-0.2, 0) is 0 Å². The first-order valence-corrected chi connectivity index (χ1v) is 6.60. The van der Waals surface area contributed by atoms with Gasteiger partial charge in [0.2, 0.25) is 0 Å². The summed E-state index contributed by atoms with van der Waals surface area (Å²) < 4.78 is 0. The van der Waals surface area contributed by atoms with E-state index >= 15 is 0 Å². The second-order valence-corrected chi connectivity index (χ2v) is 5.55. The van der Waals surface area contributed by atoms with Crippen LogP contribution in [0.4, 0.5) is 0 Å². The lowest BCUT2D eigenvalue weighted by Crippen LogP contribution is -2.51. The minimum Gasteiger partial charge on any atom is -0.389 e. The maximum Gasteiger partial charge on any atom is 0.0746 e. The lowest BCUT2D eigenvalue weighted by atomic mass is 9.89. The fourth-order valence-corrected chi connectivity index (χ4v) is 2.73. The number of rotatable bonds is 5. The zero-order valence-electron chi connectivity index (χ0n) is 10.9. The summed E-state index contributed by atoms with van der Waals surface area (Å²) in [6.07, 6.45) is 1.93. The number of benzene rings is 1. The van der Waals surface area contributed by atoms with Gasteiger partial charge in [-0.05, 0) is 18.9 Å². The van der Waals surface area contributed by atoms with Gasteiger partial charge in [0.1, 0.15) is 0 Å². The largest absolute Gasteiger partial charge is 0.389 e. The van der Waals surface area contributed by atoms with E-state index in [1.807, 2.05) is 6.92 Å². The Bertz CT molecular complexity index is 341. The summed E-state index contributed by atoms with van der Waals surface area (Å²) in [6.45, 7) is 7.06. The summed E-state index contributed by atoms with van der Waals surface area (Å²) in [5.41, 5.74) is 0.912. The van der Waals surface area contributed by atoms with Gasteiger partial charge in [0.05, 0.1) is 5.60 Å². The molecular weight excluding hydrogens is 210 g/mol. The molecule has 2 rings (SSSR count). The number of hydrogen-bond donors (Lipinski definition) is 1. The average molecular weight is 233 g/mol. The minimum absolute atomic E-state index is 0.517. The molecule has 1 heterocycles. The highest BCUT2D eigenvalue weighted by Crippen LogP contribution is 2.28. The number of hydrogen-bond acceptors (Lipinski definition) is 2. The monoisotopic (exact) mass is 233 g/mol. The minimum atomic E-state index is -0.517. The molecule has 1 N–H and O–H groups in total. The predicted octanol–water partition coefficient (Wildman–Crippen LogP) is 2.64. The van der Waals surface area contributed by atoms with E-state index in [0.29, 0.717) is 5.92 Å². The molecule has 2 nitrogen and oxygen atoms in total. The van der Waals surface area contributed by atoms with Gasteiger partial charge in [-0.3, -0.25) is 4.90 Å². The fourth-order valence-electron chi connectivity index (χ4n) is 2.73. The van der Waals surface area contributed by atoms with E-state index in [-0.39, 0.29) is 0 Å². The van der Waals surface area contributed by atoms with Crippen molar-refractivity contribution in [2.45, 2.75) is 38.2 Å². The van der Waals surface area contributed by atoms with Gasteiger partial charge in [0, 0.05) is 25.6 Å². The van der Waals surface area contributed by atoms with E-state index < -0.39 is 5.60 Å². The van der Waals surface area contributed by atoms with Crippen LogP contribution in [0.1, 0.15) is 38.2 Å². The number of β-amino-alcohol motifs (C(OH)–C–C–N with tert-alkyl or cyclic N) is 1. The van der Waals surface area contributed by atoms with Crippen LogP contribution in [0.3, 0.4) is 0 Å².